The van der Waals surface area contributed by atoms with Gasteiger partial charge in [0.2, 0.25) is 0 Å². The van der Waals surface area contributed by atoms with E-state index in [-0.39, 0.29) is 18.2 Å². The summed E-state index contributed by atoms with van der Waals surface area (Å²) >= 11 is 0. The van der Waals surface area contributed by atoms with Gasteiger partial charge in [-0.15, -0.1) is 0 Å². The number of rotatable bonds is 10. The van der Waals surface area contributed by atoms with E-state index < -0.39 is 5.97 Å². The van der Waals surface area contributed by atoms with Gasteiger partial charge in [-0.1, -0.05) is 26.0 Å². The Hall–Kier alpha value is -4.02. The third-order valence-corrected chi connectivity index (χ3v) is 7.93. The highest BCUT2D eigenvalue weighted by Gasteiger charge is 2.22. The van der Waals surface area contributed by atoms with Crippen LogP contribution in [0.4, 0.5) is 23.0 Å². The summed E-state index contributed by atoms with van der Waals surface area (Å²) < 4.78 is 16.4. The van der Waals surface area contributed by atoms with Crippen molar-refractivity contribution < 1.29 is 19.0 Å². The molecule has 2 aromatic heterocycles. The number of hydrogen-bond acceptors (Lipinski definition) is 9. The van der Waals surface area contributed by atoms with Crippen LogP contribution in [-0.2, 0) is 14.2 Å². The number of nitrogens with one attached hydrogen (secondary N) is 1. The van der Waals surface area contributed by atoms with Crippen molar-refractivity contribution in [2.45, 2.75) is 39.7 Å². The monoisotopic (exact) mass is 585 g/mol. The fourth-order valence-corrected chi connectivity index (χ4v) is 5.42. The van der Waals surface area contributed by atoms with E-state index in [9.17, 15) is 4.79 Å². The van der Waals surface area contributed by atoms with Gasteiger partial charge in [-0.3, -0.25) is 0 Å². The molecule has 0 aliphatic carbocycles. The fraction of sp³-hybridized carbons (Fsp3) is 0.455. The lowest BCUT2D eigenvalue weighted by molar-refractivity contribution is 0.0519. The number of esters is 1. The largest absolute Gasteiger partial charge is 0.463 e. The second kappa shape index (κ2) is 14.0. The first-order valence-electron chi connectivity index (χ1n) is 15.1. The average molecular weight is 586 g/mol. The lowest BCUT2D eigenvalue weighted by Crippen LogP contribution is -2.37. The van der Waals surface area contributed by atoms with Crippen molar-refractivity contribution >= 4 is 34.7 Å². The second-order valence-electron chi connectivity index (χ2n) is 11.1. The number of hydrogen-bond donors (Lipinski definition) is 1. The SMILES string of the molecule is CCOC(=O)c1cc(-c2ccc(N(C)C3CCOCC3)nc2)c(C(=N)C(C)C)c([N-]c2cccc(N3CCOCC3)c2)n1. The maximum atomic E-state index is 13.0. The predicted molar refractivity (Wildman–Crippen MR) is 169 cm³/mol. The fourth-order valence-electron chi connectivity index (χ4n) is 5.42. The van der Waals surface area contributed by atoms with Gasteiger partial charge < -0.3 is 39.7 Å². The molecule has 2 saturated heterocycles. The summed E-state index contributed by atoms with van der Waals surface area (Å²) in [6, 6.07) is 14.0. The molecule has 10 nitrogen and oxygen atoms in total. The van der Waals surface area contributed by atoms with E-state index in [0.717, 1.165) is 56.2 Å². The van der Waals surface area contributed by atoms with Crippen LogP contribution in [0, 0.1) is 11.3 Å². The Morgan fingerprint density at radius 2 is 1.86 bits per heavy atom. The minimum Gasteiger partial charge on any atom is -0.463 e. The maximum absolute atomic E-state index is 13.0. The van der Waals surface area contributed by atoms with Gasteiger partial charge >= 0.3 is 5.97 Å². The Morgan fingerprint density at radius 3 is 2.53 bits per heavy atom. The van der Waals surface area contributed by atoms with Crippen LogP contribution >= 0.6 is 0 Å². The zero-order chi connectivity index (χ0) is 30.3. The topological polar surface area (TPSA) is 115 Å². The van der Waals surface area contributed by atoms with Crippen molar-refractivity contribution in [1.82, 2.24) is 9.97 Å². The summed E-state index contributed by atoms with van der Waals surface area (Å²) in [6.07, 6.45) is 3.72. The summed E-state index contributed by atoms with van der Waals surface area (Å²) in [5.74, 6) is 0.533. The highest BCUT2D eigenvalue weighted by atomic mass is 16.5. The number of benzene rings is 1. The van der Waals surface area contributed by atoms with E-state index in [2.05, 4.69) is 27.9 Å². The first-order chi connectivity index (χ1) is 20.9. The van der Waals surface area contributed by atoms with Crippen LogP contribution in [0.25, 0.3) is 16.4 Å². The maximum Gasteiger partial charge on any atom is 0.334 e. The highest BCUT2D eigenvalue weighted by Crippen LogP contribution is 2.40. The molecule has 43 heavy (non-hydrogen) atoms. The van der Waals surface area contributed by atoms with Gasteiger partial charge in [0.05, 0.1) is 19.8 Å². The molecule has 2 fully saturated rings. The van der Waals surface area contributed by atoms with Crippen molar-refractivity contribution in [3.63, 3.8) is 0 Å². The van der Waals surface area contributed by atoms with Gasteiger partial charge in [0.15, 0.2) is 0 Å². The van der Waals surface area contributed by atoms with Crippen molar-refractivity contribution in [1.29, 1.82) is 5.41 Å². The Bertz CT molecular complexity index is 1420. The molecule has 228 valence electrons. The molecule has 0 atom stereocenters. The number of morpholine rings is 1. The van der Waals surface area contributed by atoms with Gasteiger partial charge in [0.25, 0.3) is 0 Å². The Kier molecular flexibility index (Phi) is 9.89. The van der Waals surface area contributed by atoms with Crippen LogP contribution in [0.2, 0.25) is 0 Å². The number of pyridine rings is 2. The molecule has 0 unspecified atom stereocenters. The third kappa shape index (κ3) is 7.14. The predicted octanol–water partition coefficient (Wildman–Crippen LogP) is 6.13. The standard InChI is InChI=1S/C33H41N6O4/c1-5-43-33(40)28-20-27(23-9-10-29(35-21-23)38(4)25-11-15-41-16-12-25)30(31(34)22(2)3)32(37-28)36-24-7-6-8-26(19-24)39-13-17-42-18-14-39/h6-10,19-22,25H,5,11-18H2,1-4H3,(H-,34,36,37)/q-1. The molecular formula is C33H41N6O4-. The first-order valence-corrected chi connectivity index (χ1v) is 15.1. The Balaban J connectivity index is 1.56. The molecule has 0 saturated carbocycles. The smallest absolute Gasteiger partial charge is 0.334 e. The van der Waals surface area contributed by atoms with E-state index in [0.29, 0.717) is 47.6 Å². The molecule has 0 spiro atoms. The zero-order valence-corrected chi connectivity index (χ0v) is 25.5. The summed E-state index contributed by atoms with van der Waals surface area (Å²) in [4.78, 5) is 26.9. The quantitative estimate of drug-likeness (QED) is 0.223. The molecule has 2 aliphatic rings. The van der Waals surface area contributed by atoms with Crippen LogP contribution in [0.5, 0.6) is 0 Å². The second-order valence-corrected chi connectivity index (χ2v) is 11.1. The summed E-state index contributed by atoms with van der Waals surface area (Å²) in [7, 11) is 2.06. The number of carbonyl (C=O) groups excluding carboxylic acids is 1. The van der Waals surface area contributed by atoms with E-state index in [1.165, 1.54) is 0 Å². The number of ether oxygens (including phenoxy) is 3. The summed E-state index contributed by atoms with van der Waals surface area (Å²) in [5.41, 5.74) is 4.27. The number of anilines is 2. The minimum absolute atomic E-state index is 0.102. The molecule has 1 N–H and O–H groups in total. The van der Waals surface area contributed by atoms with Crippen molar-refractivity contribution in [2.24, 2.45) is 5.92 Å². The van der Waals surface area contributed by atoms with Gasteiger partial charge in [-0.05, 0) is 73.1 Å². The Morgan fingerprint density at radius 1 is 1.12 bits per heavy atom. The van der Waals surface area contributed by atoms with Gasteiger partial charge in [-0.2, -0.15) is 0 Å². The molecule has 3 aromatic rings. The van der Waals surface area contributed by atoms with Crippen LogP contribution in [0.1, 0.15) is 49.7 Å². The van der Waals surface area contributed by atoms with Crippen LogP contribution in [0.3, 0.4) is 0 Å². The van der Waals surface area contributed by atoms with E-state index in [4.69, 9.17) is 29.9 Å². The number of nitrogens with zero attached hydrogens (tertiary/aromatic N) is 5. The normalized spacial score (nSPS) is 15.8. The lowest BCUT2D eigenvalue weighted by Gasteiger charge is -2.32. The Labute approximate surface area is 253 Å². The first kappa shape index (κ1) is 30.4. The molecule has 5 rings (SSSR count). The molecule has 0 radical (unpaired) electrons. The van der Waals surface area contributed by atoms with E-state index in [1.807, 2.05) is 44.2 Å². The van der Waals surface area contributed by atoms with Gasteiger partial charge in [0, 0.05) is 73.8 Å². The lowest BCUT2D eigenvalue weighted by atomic mass is 9.92. The van der Waals surface area contributed by atoms with Crippen molar-refractivity contribution in [3.05, 3.63) is 65.2 Å². The van der Waals surface area contributed by atoms with Gasteiger partial charge in [0.1, 0.15) is 5.82 Å². The number of carbonyl (C=O) groups is 1. The molecule has 2 aliphatic heterocycles. The molecule has 10 heteroatoms. The molecule has 4 heterocycles. The van der Waals surface area contributed by atoms with Crippen LogP contribution in [0.15, 0.2) is 48.7 Å². The average Bonchev–Trinajstić information content (AvgIpc) is 3.05. The van der Waals surface area contributed by atoms with E-state index in [1.54, 1.807) is 19.2 Å². The third-order valence-electron chi connectivity index (χ3n) is 7.93. The van der Waals surface area contributed by atoms with Crippen LogP contribution < -0.4 is 9.80 Å². The molecular weight excluding hydrogens is 544 g/mol. The van der Waals surface area contributed by atoms with Crippen molar-refractivity contribution in [2.75, 3.05) is 63.0 Å². The molecule has 1 aromatic carbocycles. The summed E-state index contributed by atoms with van der Waals surface area (Å²) in [5, 5.41) is 14.0. The highest BCUT2D eigenvalue weighted by molar-refractivity contribution is 6.11. The van der Waals surface area contributed by atoms with Crippen LogP contribution in [-0.4, -0.2) is 80.9 Å². The number of aromatic nitrogens is 2. The van der Waals surface area contributed by atoms with Crippen molar-refractivity contribution in [3.8, 4) is 11.1 Å². The zero-order valence-electron chi connectivity index (χ0n) is 25.5. The van der Waals surface area contributed by atoms with Gasteiger partial charge in [-0.25, -0.2) is 9.78 Å². The molecule has 0 bridgehead atoms. The molecule has 0 amide bonds. The van der Waals surface area contributed by atoms with E-state index >= 15 is 0 Å². The summed E-state index contributed by atoms with van der Waals surface area (Å²) in [6.45, 7) is 10.4. The minimum atomic E-state index is -0.534.